The number of carbonyl (C=O) groups excluding carboxylic acids is 1. The van der Waals surface area contributed by atoms with Crippen molar-refractivity contribution in [2.24, 2.45) is 11.8 Å². The summed E-state index contributed by atoms with van der Waals surface area (Å²) in [6.45, 7) is 5.49. The smallest absolute Gasteiger partial charge is 0.217 e. The topological polar surface area (TPSA) is 84.7 Å². The molecule has 8 heteroatoms. The summed E-state index contributed by atoms with van der Waals surface area (Å²) in [4.78, 5) is 13.9. The van der Waals surface area contributed by atoms with Crippen molar-refractivity contribution in [1.29, 1.82) is 0 Å². The summed E-state index contributed by atoms with van der Waals surface area (Å²) in [5.41, 5.74) is 2.83. The predicted molar refractivity (Wildman–Crippen MR) is 92.3 cm³/mol. The van der Waals surface area contributed by atoms with E-state index in [1.54, 1.807) is 24.9 Å². The van der Waals surface area contributed by atoms with E-state index >= 15 is 0 Å². The average molecular weight is 344 g/mol. The highest BCUT2D eigenvalue weighted by molar-refractivity contribution is 5.73. The summed E-state index contributed by atoms with van der Waals surface area (Å²) >= 11 is 0. The zero-order valence-electron chi connectivity index (χ0n) is 14.8. The normalized spacial score (nSPS) is 29.0. The van der Waals surface area contributed by atoms with Gasteiger partial charge in [-0.3, -0.25) is 4.79 Å². The summed E-state index contributed by atoms with van der Waals surface area (Å²) < 4.78 is 7.40. The predicted octanol–water partition coefficient (Wildman–Crippen LogP) is 0.799. The highest BCUT2D eigenvalue weighted by Gasteiger charge is 2.43. The van der Waals surface area contributed by atoms with E-state index in [1.807, 2.05) is 6.92 Å². The Labute approximate surface area is 146 Å². The lowest BCUT2D eigenvalue weighted by molar-refractivity contribution is -0.121. The third-order valence-corrected chi connectivity index (χ3v) is 5.52. The number of nitrogens with one attached hydrogen (secondary N) is 1. The molecular weight excluding hydrogens is 320 g/mol. The third-order valence-electron chi connectivity index (χ3n) is 5.52. The van der Waals surface area contributed by atoms with Crippen molar-refractivity contribution in [3.8, 4) is 0 Å². The van der Waals surface area contributed by atoms with E-state index < -0.39 is 0 Å². The zero-order chi connectivity index (χ0) is 17.6. The molecule has 2 aliphatic rings. The second-order valence-corrected chi connectivity index (χ2v) is 7.25. The van der Waals surface area contributed by atoms with E-state index in [9.17, 15) is 4.79 Å². The van der Waals surface area contributed by atoms with Gasteiger partial charge in [0, 0.05) is 27.1 Å². The number of carbonyl (C=O) groups is 1. The molecule has 134 valence electrons. The number of ether oxygens (including phenoxy) is 1. The van der Waals surface area contributed by atoms with Crippen molar-refractivity contribution in [1.82, 2.24) is 25.1 Å². The molecule has 0 bridgehead atoms. The lowest BCUT2D eigenvalue weighted by atomic mass is 9.77. The number of hydrogen-bond donors (Lipinski definition) is 1. The molecule has 1 aliphatic carbocycles. The van der Waals surface area contributed by atoms with Crippen LogP contribution >= 0.6 is 0 Å². The first kappa shape index (κ1) is 16.3. The van der Waals surface area contributed by atoms with E-state index in [1.165, 1.54) is 0 Å². The summed E-state index contributed by atoms with van der Waals surface area (Å²) in [6.07, 6.45) is 3.64. The lowest BCUT2D eigenvalue weighted by Gasteiger charge is -2.37. The van der Waals surface area contributed by atoms with Gasteiger partial charge in [-0.2, -0.15) is 9.61 Å². The number of hydrogen-bond acceptors (Lipinski definition) is 6. The molecule has 0 unspecified atom stereocenters. The van der Waals surface area contributed by atoms with Gasteiger partial charge in [0.25, 0.3) is 0 Å². The number of amides is 1. The highest BCUT2D eigenvalue weighted by atomic mass is 16.5. The largest absolute Gasteiger partial charge is 0.379 e. The molecule has 0 radical (unpaired) electrons. The molecular formula is C17H24N6O2. The van der Waals surface area contributed by atoms with E-state index in [0.29, 0.717) is 11.8 Å². The summed E-state index contributed by atoms with van der Waals surface area (Å²) in [5.74, 6) is 1.11. The molecule has 2 fully saturated rings. The fourth-order valence-corrected chi connectivity index (χ4v) is 4.45. The fourth-order valence-electron chi connectivity index (χ4n) is 4.45. The van der Waals surface area contributed by atoms with E-state index in [4.69, 9.17) is 4.74 Å². The number of methoxy groups -OCH3 is 1. The molecule has 3 heterocycles. The van der Waals surface area contributed by atoms with Gasteiger partial charge in [-0.15, -0.1) is 10.2 Å². The molecule has 2 aromatic heterocycles. The molecule has 0 spiro atoms. The molecule has 2 aromatic rings. The minimum Gasteiger partial charge on any atom is -0.379 e. The molecule has 1 N–H and O–H groups in total. The molecule has 25 heavy (non-hydrogen) atoms. The summed E-state index contributed by atoms with van der Waals surface area (Å²) in [7, 11) is 1.73. The molecule has 1 aliphatic heterocycles. The second kappa shape index (κ2) is 6.25. The first-order valence-electron chi connectivity index (χ1n) is 8.77. The van der Waals surface area contributed by atoms with Crippen LogP contribution in [0.25, 0.3) is 5.65 Å². The van der Waals surface area contributed by atoms with Crippen molar-refractivity contribution in [3.05, 3.63) is 18.1 Å². The molecule has 4 rings (SSSR count). The maximum absolute atomic E-state index is 11.5. The molecule has 4 atom stereocenters. The molecule has 0 aromatic carbocycles. The Hall–Kier alpha value is -2.22. The van der Waals surface area contributed by atoms with Crippen LogP contribution in [-0.4, -0.2) is 58.1 Å². The van der Waals surface area contributed by atoms with Crippen LogP contribution in [0.4, 0.5) is 5.69 Å². The van der Waals surface area contributed by atoms with Crippen molar-refractivity contribution < 1.29 is 9.53 Å². The molecule has 1 saturated heterocycles. The van der Waals surface area contributed by atoms with Crippen LogP contribution in [0.3, 0.4) is 0 Å². The summed E-state index contributed by atoms with van der Waals surface area (Å²) in [6, 6.07) is 2.18. The number of aromatic nitrogens is 4. The zero-order valence-corrected chi connectivity index (χ0v) is 14.8. The van der Waals surface area contributed by atoms with Crippen LogP contribution in [0.15, 0.2) is 12.4 Å². The fraction of sp³-hybridized carbons (Fsp3) is 0.647. The Morgan fingerprint density at radius 2 is 2.08 bits per heavy atom. The molecule has 1 amide bonds. The van der Waals surface area contributed by atoms with Gasteiger partial charge in [0.2, 0.25) is 11.6 Å². The van der Waals surface area contributed by atoms with Crippen LogP contribution < -0.4 is 10.2 Å². The van der Waals surface area contributed by atoms with Crippen molar-refractivity contribution >= 4 is 17.2 Å². The van der Waals surface area contributed by atoms with Gasteiger partial charge in [0.15, 0.2) is 0 Å². The van der Waals surface area contributed by atoms with Gasteiger partial charge in [-0.25, -0.2) is 0 Å². The minimum atomic E-state index is 0.00952. The standard InChI is InChI=1S/C17H24N6O2/c1-10-4-15(17-20-18-9-23(17)21-10)22-7-12-5-14(19-11(2)24)16(25-3)6-13(12)8-22/h4,9,12-14,16H,5-8H2,1-3H3,(H,19,24)/t12-,13+,14-,16-/m1/s1. The van der Waals surface area contributed by atoms with E-state index in [-0.39, 0.29) is 18.1 Å². The average Bonchev–Trinajstić information content (AvgIpc) is 3.18. The first-order valence-corrected chi connectivity index (χ1v) is 8.77. The first-order chi connectivity index (χ1) is 12.0. The Bertz CT molecular complexity index is 791. The van der Waals surface area contributed by atoms with Gasteiger partial charge in [-0.05, 0) is 37.7 Å². The monoisotopic (exact) mass is 344 g/mol. The van der Waals surface area contributed by atoms with Gasteiger partial charge in [0.1, 0.15) is 6.33 Å². The van der Waals surface area contributed by atoms with Crippen LogP contribution in [-0.2, 0) is 9.53 Å². The van der Waals surface area contributed by atoms with E-state index in [2.05, 4.69) is 31.6 Å². The van der Waals surface area contributed by atoms with E-state index in [0.717, 1.165) is 43.0 Å². The maximum Gasteiger partial charge on any atom is 0.217 e. The minimum absolute atomic E-state index is 0.00952. The van der Waals surface area contributed by atoms with Gasteiger partial charge in [0.05, 0.1) is 23.5 Å². The van der Waals surface area contributed by atoms with Crippen LogP contribution in [0.1, 0.15) is 25.5 Å². The summed E-state index contributed by atoms with van der Waals surface area (Å²) in [5, 5.41) is 15.7. The number of nitrogens with zero attached hydrogens (tertiary/aromatic N) is 5. The lowest BCUT2D eigenvalue weighted by Crippen LogP contribution is -2.49. The molecule has 8 nitrogen and oxygen atoms in total. The van der Waals surface area contributed by atoms with Crippen molar-refractivity contribution in [2.45, 2.75) is 38.8 Å². The Morgan fingerprint density at radius 3 is 2.80 bits per heavy atom. The number of aryl methyl sites for hydroxylation is 1. The Morgan fingerprint density at radius 1 is 1.32 bits per heavy atom. The van der Waals surface area contributed by atoms with Crippen LogP contribution in [0.2, 0.25) is 0 Å². The van der Waals surface area contributed by atoms with Crippen LogP contribution in [0.5, 0.6) is 0 Å². The Balaban J connectivity index is 1.58. The van der Waals surface area contributed by atoms with Crippen molar-refractivity contribution in [2.75, 3.05) is 25.1 Å². The Kier molecular flexibility index (Phi) is 4.07. The van der Waals surface area contributed by atoms with Crippen molar-refractivity contribution in [3.63, 3.8) is 0 Å². The quantitative estimate of drug-likeness (QED) is 0.886. The van der Waals surface area contributed by atoms with Gasteiger partial charge in [-0.1, -0.05) is 0 Å². The van der Waals surface area contributed by atoms with Crippen LogP contribution in [0, 0.1) is 18.8 Å². The van der Waals surface area contributed by atoms with Gasteiger partial charge >= 0.3 is 0 Å². The number of rotatable bonds is 3. The maximum atomic E-state index is 11.5. The SMILES string of the molecule is CO[C@@H]1C[C@H]2CN(c3cc(C)nn4cnnc34)C[C@H]2C[C@H]1NC(C)=O. The third kappa shape index (κ3) is 2.95. The number of fused-ring (bicyclic) bond motifs is 2. The molecule has 1 saturated carbocycles. The highest BCUT2D eigenvalue weighted by Crippen LogP contribution is 2.40. The number of anilines is 1. The van der Waals surface area contributed by atoms with Gasteiger partial charge < -0.3 is 15.0 Å². The second-order valence-electron chi connectivity index (χ2n) is 7.25.